The first-order valence-electron chi connectivity index (χ1n) is 6.46. The highest BCUT2D eigenvalue weighted by atomic mass is 14.9. The summed E-state index contributed by atoms with van der Waals surface area (Å²) in [5, 5.41) is 4.40. The third-order valence-corrected chi connectivity index (χ3v) is 3.04. The minimum absolute atomic E-state index is 0.510. The molecule has 0 radical (unpaired) electrons. The first-order valence-corrected chi connectivity index (χ1v) is 6.46. The lowest BCUT2D eigenvalue weighted by Crippen LogP contribution is -2.30. The van der Waals surface area contributed by atoms with E-state index >= 15 is 0 Å². The molecule has 0 amide bonds. The van der Waals surface area contributed by atoms with Gasteiger partial charge in [-0.15, -0.1) is 0 Å². The molecule has 3 heterocycles. The van der Waals surface area contributed by atoms with Gasteiger partial charge in [0.1, 0.15) is 5.82 Å². The van der Waals surface area contributed by atoms with Crippen molar-refractivity contribution in [1.29, 1.82) is 0 Å². The van der Waals surface area contributed by atoms with Gasteiger partial charge in [-0.25, -0.2) is 9.97 Å². The van der Waals surface area contributed by atoms with Gasteiger partial charge in [0, 0.05) is 17.6 Å². The lowest BCUT2D eigenvalue weighted by molar-refractivity contribution is 0.425. The minimum atomic E-state index is 0.510. The van der Waals surface area contributed by atoms with Gasteiger partial charge in [-0.1, -0.05) is 6.42 Å². The van der Waals surface area contributed by atoms with Gasteiger partial charge in [0.2, 0.25) is 0 Å². The second-order valence-electron chi connectivity index (χ2n) is 4.64. The summed E-state index contributed by atoms with van der Waals surface area (Å²) in [5.74, 6) is 0.510. The molecule has 2 aromatic heterocycles. The Labute approximate surface area is 108 Å². The maximum atomic E-state index is 5.47. The molecule has 0 bridgehead atoms. The highest BCUT2D eigenvalue weighted by Crippen LogP contribution is 2.09. The predicted molar refractivity (Wildman–Crippen MR) is 75.3 cm³/mol. The van der Waals surface area contributed by atoms with Crippen molar-refractivity contribution in [3.63, 3.8) is 0 Å². The Kier molecular flexibility index (Phi) is 4.47. The number of rotatable bonds is 0. The molecule has 18 heavy (non-hydrogen) atoms. The molecular weight excluding hydrogens is 224 g/mol. The van der Waals surface area contributed by atoms with Gasteiger partial charge in [0.15, 0.2) is 5.65 Å². The Balaban J connectivity index is 0.000000149. The van der Waals surface area contributed by atoms with Gasteiger partial charge >= 0.3 is 0 Å². The van der Waals surface area contributed by atoms with E-state index in [1.807, 2.05) is 18.2 Å². The fourth-order valence-electron chi connectivity index (χ4n) is 1.99. The van der Waals surface area contributed by atoms with E-state index in [-0.39, 0.29) is 0 Å². The average Bonchev–Trinajstić information content (AvgIpc) is 2.40. The molecule has 1 aliphatic rings. The molecule has 96 valence electrons. The highest BCUT2D eigenvalue weighted by molar-refractivity contribution is 5.75. The number of aromatic nitrogens is 2. The topological polar surface area (TPSA) is 63.8 Å². The van der Waals surface area contributed by atoms with E-state index in [0.29, 0.717) is 11.5 Å². The summed E-state index contributed by atoms with van der Waals surface area (Å²) < 4.78 is 0. The summed E-state index contributed by atoms with van der Waals surface area (Å²) in [6, 6.07) is 8.29. The van der Waals surface area contributed by atoms with Gasteiger partial charge < -0.3 is 11.1 Å². The van der Waals surface area contributed by atoms with Crippen LogP contribution in [-0.4, -0.2) is 22.6 Å². The summed E-state index contributed by atoms with van der Waals surface area (Å²) in [7, 11) is 0. The predicted octanol–water partition coefficient (Wildman–Crippen LogP) is 2.36. The van der Waals surface area contributed by atoms with Gasteiger partial charge in [-0.3, -0.25) is 0 Å². The lowest BCUT2D eigenvalue weighted by atomic mass is 10.1. The summed E-state index contributed by atoms with van der Waals surface area (Å²) in [6.45, 7) is 3.49. The molecular formula is C14H20N4. The SMILES string of the molecule is CC1CCCCN1.Nc1ccc2cccnc2n1. The summed E-state index contributed by atoms with van der Waals surface area (Å²) in [5.41, 5.74) is 6.17. The van der Waals surface area contributed by atoms with E-state index in [0.717, 1.165) is 11.4 Å². The van der Waals surface area contributed by atoms with Crippen LogP contribution in [0.3, 0.4) is 0 Å². The molecule has 3 N–H and O–H groups in total. The van der Waals surface area contributed by atoms with Crippen LogP contribution < -0.4 is 11.1 Å². The summed E-state index contributed by atoms with van der Waals surface area (Å²) in [6.07, 6.45) is 5.88. The molecule has 1 saturated heterocycles. The van der Waals surface area contributed by atoms with Crippen LogP contribution in [0.5, 0.6) is 0 Å². The van der Waals surface area contributed by atoms with E-state index in [9.17, 15) is 0 Å². The molecule has 0 aliphatic carbocycles. The zero-order valence-corrected chi connectivity index (χ0v) is 10.8. The number of anilines is 1. The van der Waals surface area contributed by atoms with Crippen LogP contribution in [-0.2, 0) is 0 Å². The monoisotopic (exact) mass is 244 g/mol. The maximum absolute atomic E-state index is 5.47. The highest BCUT2D eigenvalue weighted by Gasteiger charge is 2.04. The molecule has 4 nitrogen and oxygen atoms in total. The van der Waals surface area contributed by atoms with E-state index in [1.54, 1.807) is 12.3 Å². The maximum Gasteiger partial charge on any atom is 0.161 e. The Morgan fingerprint density at radius 2 is 2.17 bits per heavy atom. The van der Waals surface area contributed by atoms with Crippen LogP contribution in [0, 0.1) is 0 Å². The fraction of sp³-hybridized carbons (Fsp3) is 0.429. The molecule has 2 aromatic rings. The van der Waals surface area contributed by atoms with Crippen molar-refractivity contribution in [1.82, 2.24) is 15.3 Å². The Morgan fingerprint density at radius 1 is 1.28 bits per heavy atom. The summed E-state index contributed by atoms with van der Waals surface area (Å²) >= 11 is 0. The standard InChI is InChI=1S/C8H7N3.C6H13N/c9-7-4-3-6-2-1-5-10-8(6)11-7;1-6-4-2-3-5-7-6/h1-5H,(H2,9,10,11);6-7H,2-5H2,1H3. The van der Waals surface area contributed by atoms with Crippen molar-refractivity contribution >= 4 is 16.9 Å². The molecule has 1 fully saturated rings. The zero-order chi connectivity index (χ0) is 12.8. The van der Waals surface area contributed by atoms with Crippen LogP contribution in [0.15, 0.2) is 30.5 Å². The van der Waals surface area contributed by atoms with Crippen molar-refractivity contribution in [3.8, 4) is 0 Å². The molecule has 1 unspecified atom stereocenters. The Hall–Kier alpha value is -1.68. The van der Waals surface area contributed by atoms with Crippen molar-refractivity contribution < 1.29 is 0 Å². The van der Waals surface area contributed by atoms with Gasteiger partial charge in [-0.2, -0.15) is 0 Å². The van der Waals surface area contributed by atoms with E-state index < -0.39 is 0 Å². The minimum Gasteiger partial charge on any atom is -0.384 e. The van der Waals surface area contributed by atoms with Crippen LogP contribution >= 0.6 is 0 Å². The number of nitrogens with zero attached hydrogens (tertiary/aromatic N) is 2. The molecule has 1 aliphatic heterocycles. The third-order valence-electron chi connectivity index (χ3n) is 3.04. The van der Waals surface area contributed by atoms with Gasteiger partial charge in [0.05, 0.1) is 0 Å². The molecule has 0 aromatic carbocycles. The molecule has 4 heteroatoms. The summed E-state index contributed by atoms with van der Waals surface area (Å²) in [4.78, 5) is 8.09. The van der Waals surface area contributed by atoms with E-state index in [4.69, 9.17) is 5.73 Å². The first-order chi connectivity index (χ1) is 8.75. The second kappa shape index (κ2) is 6.31. The van der Waals surface area contributed by atoms with Crippen LogP contribution in [0.2, 0.25) is 0 Å². The molecule has 0 saturated carbocycles. The van der Waals surface area contributed by atoms with Crippen molar-refractivity contribution in [2.45, 2.75) is 32.2 Å². The number of piperidine rings is 1. The quantitative estimate of drug-likeness (QED) is 0.746. The number of fused-ring (bicyclic) bond motifs is 1. The third kappa shape index (κ3) is 3.67. The average molecular weight is 244 g/mol. The van der Waals surface area contributed by atoms with E-state index in [1.165, 1.54) is 25.8 Å². The molecule has 1 atom stereocenters. The lowest BCUT2D eigenvalue weighted by Gasteiger charge is -2.18. The normalized spacial score (nSPS) is 19.1. The second-order valence-corrected chi connectivity index (χ2v) is 4.64. The van der Waals surface area contributed by atoms with Crippen molar-refractivity contribution in [2.24, 2.45) is 0 Å². The van der Waals surface area contributed by atoms with Gasteiger partial charge in [0.25, 0.3) is 0 Å². The van der Waals surface area contributed by atoms with Gasteiger partial charge in [-0.05, 0) is 50.6 Å². The number of hydrogen-bond donors (Lipinski definition) is 2. The van der Waals surface area contributed by atoms with Crippen LogP contribution in [0.1, 0.15) is 26.2 Å². The van der Waals surface area contributed by atoms with Crippen molar-refractivity contribution in [2.75, 3.05) is 12.3 Å². The number of pyridine rings is 2. The van der Waals surface area contributed by atoms with Crippen LogP contribution in [0.4, 0.5) is 5.82 Å². The Bertz CT molecular complexity index is 492. The smallest absolute Gasteiger partial charge is 0.161 e. The molecule has 0 spiro atoms. The number of nitrogens with one attached hydrogen (secondary N) is 1. The van der Waals surface area contributed by atoms with Crippen LogP contribution in [0.25, 0.3) is 11.0 Å². The van der Waals surface area contributed by atoms with Crippen molar-refractivity contribution in [3.05, 3.63) is 30.5 Å². The molecule has 3 rings (SSSR count). The zero-order valence-electron chi connectivity index (χ0n) is 10.8. The first kappa shape index (κ1) is 12.8. The number of nitrogen functional groups attached to an aromatic ring is 1. The Morgan fingerprint density at radius 3 is 2.83 bits per heavy atom. The number of nitrogens with two attached hydrogens (primary N) is 1. The van der Waals surface area contributed by atoms with E-state index in [2.05, 4.69) is 22.2 Å². The number of hydrogen-bond acceptors (Lipinski definition) is 4. The fourth-order valence-corrected chi connectivity index (χ4v) is 1.99. The largest absolute Gasteiger partial charge is 0.384 e.